The molecule has 0 aliphatic carbocycles. The summed E-state index contributed by atoms with van der Waals surface area (Å²) in [5.41, 5.74) is 4.30. The van der Waals surface area contributed by atoms with Gasteiger partial charge in [0.1, 0.15) is 0 Å². The summed E-state index contributed by atoms with van der Waals surface area (Å²) >= 11 is 0. The molecule has 23 heavy (non-hydrogen) atoms. The van der Waals surface area contributed by atoms with E-state index >= 15 is 0 Å². The Bertz CT molecular complexity index is 698. The van der Waals surface area contributed by atoms with Crippen LogP contribution in [0.15, 0.2) is 42.5 Å². The van der Waals surface area contributed by atoms with Crippen molar-refractivity contribution in [3.8, 4) is 11.5 Å². The fraction of sp³-hybridized carbons (Fsp3) is 0.400. The van der Waals surface area contributed by atoms with Gasteiger partial charge in [0.15, 0.2) is 11.5 Å². The van der Waals surface area contributed by atoms with Crippen molar-refractivity contribution in [1.29, 1.82) is 0 Å². The number of hydrogen-bond donors (Lipinski definition) is 0. The van der Waals surface area contributed by atoms with Gasteiger partial charge in [-0.2, -0.15) is 0 Å². The predicted molar refractivity (Wildman–Crippen MR) is 91.4 cm³/mol. The van der Waals surface area contributed by atoms with E-state index in [1.807, 2.05) is 0 Å². The molecule has 0 N–H and O–H groups in total. The minimum Gasteiger partial charge on any atom is -0.493 e. The van der Waals surface area contributed by atoms with Crippen molar-refractivity contribution in [2.24, 2.45) is 0 Å². The van der Waals surface area contributed by atoms with Crippen LogP contribution in [0.1, 0.15) is 35.1 Å². The Hall–Kier alpha value is -2.00. The standard InChI is InChI=1S/C20H23NO2/c1-22-19-11-15-8-9-21-13-16(14-6-4-3-5-7-14)10-18(21)17(15)12-20(19)23-2/h3-7,11-12,16,18H,8-10,13H2,1-2H3/t16-,18-/m0/s1. The van der Waals surface area contributed by atoms with E-state index in [1.54, 1.807) is 14.2 Å². The third-order valence-corrected chi connectivity index (χ3v) is 5.35. The molecule has 1 fully saturated rings. The molecule has 4 rings (SSSR count). The highest BCUT2D eigenvalue weighted by atomic mass is 16.5. The van der Waals surface area contributed by atoms with Gasteiger partial charge in [0, 0.05) is 19.1 Å². The largest absolute Gasteiger partial charge is 0.493 e. The second-order valence-electron chi connectivity index (χ2n) is 6.51. The van der Waals surface area contributed by atoms with Crippen molar-refractivity contribution in [3.63, 3.8) is 0 Å². The zero-order valence-electron chi connectivity index (χ0n) is 13.8. The summed E-state index contributed by atoms with van der Waals surface area (Å²) in [7, 11) is 3.42. The van der Waals surface area contributed by atoms with Crippen LogP contribution in [0.4, 0.5) is 0 Å². The van der Waals surface area contributed by atoms with E-state index < -0.39 is 0 Å². The molecule has 1 saturated heterocycles. The van der Waals surface area contributed by atoms with E-state index in [4.69, 9.17) is 9.47 Å². The van der Waals surface area contributed by atoms with Crippen LogP contribution >= 0.6 is 0 Å². The molecule has 3 heteroatoms. The molecule has 0 amide bonds. The number of rotatable bonds is 3. The van der Waals surface area contributed by atoms with Gasteiger partial charge in [-0.1, -0.05) is 30.3 Å². The first-order chi connectivity index (χ1) is 11.3. The summed E-state index contributed by atoms with van der Waals surface area (Å²) in [4.78, 5) is 2.63. The van der Waals surface area contributed by atoms with E-state index in [1.165, 1.54) is 23.1 Å². The van der Waals surface area contributed by atoms with Crippen molar-refractivity contribution in [3.05, 3.63) is 59.2 Å². The molecule has 2 aromatic carbocycles. The number of ether oxygens (including phenoxy) is 2. The normalized spacial score (nSPS) is 23.2. The van der Waals surface area contributed by atoms with Crippen molar-refractivity contribution in [2.45, 2.75) is 24.8 Å². The Labute approximate surface area is 137 Å². The summed E-state index contributed by atoms with van der Waals surface area (Å²) in [5, 5.41) is 0. The van der Waals surface area contributed by atoms with Crippen molar-refractivity contribution >= 4 is 0 Å². The van der Waals surface area contributed by atoms with Crippen LogP contribution in [-0.2, 0) is 6.42 Å². The molecule has 120 valence electrons. The van der Waals surface area contributed by atoms with Crippen LogP contribution in [0, 0.1) is 0 Å². The first-order valence-corrected chi connectivity index (χ1v) is 8.34. The third kappa shape index (κ3) is 2.49. The van der Waals surface area contributed by atoms with E-state index in [9.17, 15) is 0 Å². The minimum atomic E-state index is 0.503. The molecule has 0 unspecified atom stereocenters. The molecule has 2 atom stereocenters. The first-order valence-electron chi connectivity index (χ1n) is 8.34. The summed E-state index contributed by atoms with van der Waals surface area (Å²) in [5.74, 6) is 2.31. The lowest BCUT2D eigenvalue weighted by molar-refractivity contribution is 0.241. The van der Waals surface area contributed by atoms with Crippen LogP contribution in [0.2, 0.25) is 0 Å². The van der Waals surface area contributed by atoms with E-state index in [0.717, 1.165) is 31.0 Å². The summed E-state index contributed by atoms with van der Waals surface area (Å²) in [6.45, 7) is 2.29. The molecule has 2 aliphatic rings. The van der Waals surface area contributed by atoms with Crippen molar-refractivity contribution in [2.75, 3.05) is 27.3 Å². The van der Waals surface area contributed by atoms with E-state index in [2.05, 4.69) is 47.4 Å². The van der Waals surface area contributed by atoms with Gasteiger partial charge in [0.25, 0.3) is 0 Å². The molecule has 0 spiro atoms. The number of methoxy groups -OCH3 is 2. The van der Waals surface area contributed by atoms with Gasteiger partial charge in [-0.3, -0.25) is 4.90 Å². The quantitative estimate of drug-likeness (QED) is 0.861. The number of benzene rings is 2. The minimum absolute atomic E-state index is 0.503. The maximum atomic E-state index is 5.52. The Balaban J connectivity index is 1.67. The summed E-state index contributed by atoms with van der Waals surface area (Å²) < 4.78 is 11.0. The highest BCUT2D eigenvalue weighted by Crippen LogP contribution is 2.46. The summed E-state index contributed by atoms with van der Waals surface area (Å²) in [6, 6.07) is 15.8. The lowest BCUT2D eigenvalue weighted by Gasteiger charge is -2.32. The first kappa shape index (κ1) is 14.6. The average molecular weight is 309 g/mol. The topological polar surface area (TPSA) is 21.7 Å². The molecule has 0 bridgehead atoms. The molecule has 3 nitrogen and oxygen atoms in total. The Morgan fingerprint density at radius 3 is 2.48 bits per heavy atom. The highest BCUT2D eigenvalue weighted by Gasteiger charge is 2.37. The monoisotopic (exact) mass is 309 g/mol. The lowest BCUT2D eigenvalue weighted by Crippen LogP contribution is -2.31. The SMILES string of the molecule is COc1cc2c(cc1OC)[C@@H]1C[C@H](c3ccccc3)CN1CC2. The van der Waals surface area contributed by atoms with Crippen molar-refractivity contribution in [1.82, 2.24) is 4.90 Å². The molecule has 0 radical (unpaired) electrons. The van der Waals surface area contributed by atoms with Crippen LogP contribution < -0.4 is 9.47 Å². The van der Waals surface area contributed by atoms with Crippen LogP contribution in [0.25, 0.3) is 0 Å². The average Bonchev–Trinajstić information content (AvgIpc) is 3.06. The Kier molecular flexibility index (Phi) is 3.74. The maximum absolute atomic E-state index is 5.52. The van der Waals surface area contributed by atoms with Crippen LogP contribution in [-0.4, -0.2) is 32.2 Å². The van der Waals surface area contributed by atoms with Gasteiger partial charge in [-0.05, 0) is 47.6 Å². The molecular weight excluding hydrogens is 286 g/mol. The fourth-order valence-corrected chi connectivity index (χ4v) is 4.17. The Morgan fingerprint density at radius 1 is 1.00 bits per heavy atom. The van der Waals surface area contributed by atoms with Crippen LogP contribution in [0.5, 0.6) is 11.5 Å². The van der Waals surface area contributed by atoms with Gasteiger partial charge >= 0.3 is 0 Å². The number of nitrogens with zero attached hydrogens (tertiary/aromatic N) is 1. The number of hydrogen-bond acceptors (Lipinski definition) is 3. The molecule has 2 heterocycles. The van der Waals surface area contributed by atoms with Gasteiger partial charge in [-0.25, -0.2) is 0 Å². The molecule has 2 aliphatic heterocycles. The molecule has 2 aromatic rings. The van der Waals surface area contributed by atoms with Gasteiger partial charge in [0.2, 0.25) is 0 Å². The third-order valence-electron chi connectivity index (χ3n) is 5.35. The second kappa shape index (κ2) is 5.89. The highest BCUT2D eigenvalue weighted by molar-refractivity contribution is 5.50. The van der Waals surface area contributed by atoms with Crippen molar-refractivity contribution < 1.29 is 9.47 Å². The second-order valence-corrected chi connectivity index (χ2v) is 6.51. The molecular formula is C20H23NO2. The smallest absolute Gasteiger partial charge is 0.161 e. The lowest BCUT2D eigenvalue weighted by atomic mass is 9.89. The Morgan fingerprint density at radius 2 is 1.74 bits per heavy atom. The number of fused-ring (bicyclic) bond motifs is 3. The van der Waals surface area contributed by atoms with Gasteiger partial charge in [-0.15, -0.1) is 0 Å². The zero-order valence-corrected chi connectivity index (χ0v) is 13.8. The van der Waals surface area contributed by atoms with Crippen LogP contribution in [0.3, 0.4) is 0 Å². The molecule has 0 aromatic heterocycles. The maximum Gasteiger partial charge on any atom is 0.161 e. The fourth-order valence-electron chi connectivity index (χ4n) is 4.17. The predicted octanol–water partition coefficient (Wildman–Crippen LogP) is 3.79. The van der Waals surface area contributed by atoms with E-state index in [-0.39, 0.29) is 0 Å². The van der Waals surface area contributed by atoms with E-state index in [0.29, 0.717) is 12.0 Å². The van der Waals surface area contributed by atoms with Gasteiger partial charge < -0.3 is 9.47 Å². The summed E-state index contributed by atoms with van der Waals surface area (Å²) in [6.07, 6.45) is 2.28. The molecule has 0 saturated carbocycles. The zero-order chi connectivity index (χ0) is 15.8. The van der Waals surface area contributed by atoms with Gasteiger partial charge in [0.05, 0.1) is 14.2 Å².